The molecule has 0 spiro atoms. The van der Waals surface area contributed by atoms with Crippen LogP contribution in [0.4, 0.5) is 0 Å². The average molecular weight is 284 g/mol. The molecule has 0 N–H and O–H groups in total. The van der Waals surface area contributed by atoms with Crippen LogP contribution in [0, 0.1) is 0 Å². The Kier molecular flexibility index (Phi) is 4.89. The van der Waals surface area contributed by atoms with E-state index in [2.05, 4.69) is 17.3 Å². The summed E-state index contributed by atoms with van der Waals surface area (Å²) in [5.74, 6) is 1.16. The van der Waals surface area contributed by atoms with Crippen molar-refractivity contribution in [1.82, 2.24) is 4.98 Å². The molecule has 0 saturated carbocycles. The van der Waals surface area contributed by atoms with Gasteiger partial charge >= 0.3 is 0 Å². The molecular formula is C13H14ClNS2. The van der Waals surface area contributed by atoms with Crippen molar-refractivity contribution in [3.8, 4) is 11.3 Å². The molecule has 4 heteroatoms. The Morgan fingerprint density at radius 3 is 2.76 bits per heavy atom. The van der Waals surface area contributed by atoms with Gasteiger partial charge in [0.2, 0.25) is 0 Å². The Labute approximate surface area is 115 Å². The fraction of sp³-hybridized carbons (Fsp3) is 0.308. The predicted molar refractivity (Wildman–Crippen MR) is 78.2 cm³/mol. The second-order valence-corrected chi connectivity index (χ2v) is 6.34. The van der Waals surface area contributed by atoms with Crippen LogP contribution in [0.5, 0.6) is 0 Å². The van der Waals surface area contributed by atoms with E-state index in [0.29, 0.717) is 0 Å². The zero-order valence-electron chi connectivity index (χ0n) is 9.65. The van der Waals surface area contributed by atoms with Crippen LogP contribution in [0.3, 0.4) is 0 Å². The first-order valence-corrected chi connectivity index (χ1v) is 7.88. The molecule has 2 rings (SSSR count). The van der Waals surface area contributed by atoms with Crippen LogP contribution in [0.25, 0.3) is 11.3 Å². The maximum atomic E-state index is 5.87. The highest BCUT2D eigenvalue weighted by molar-refractivity contribution is 8.01. The van der Waals surface area contributed by atoms with Gasteiger partial charge < -0.3 is 0 Å². The summed E-state index contributed by atoms with van der Waals surface area (Å²) in [6, 6.07) is 7.83. The second kappa shape index (κ2) is 6.43. The molecule has 1 aromatic carbocycles. The molecule has 0 saturated heterocycles. The molecule has 17 heavy (non-hydrogen) atoms. The van der Waals surface area contributed by atoms with Gasteiger partial charge in [-0.3, -0.25) is 0 Å². The van der Waals surface area contributed by atoms with Crippen LogP contribution in [0.1, 0.15) is 19.8 Å². The smallest absolute Gasteiger partial charge is 0.150 e. The molecule has 1 aromatic heterocycles. The van der Waals surface area contributed by atoms with Crippen molar-refractivity contribution in [3.63, 3.8) is 0 Å². The van der Waals surface area contributed by atoms with Gasteiger partial charge in [0.25, 0.3) is 0 Å². The quantitative estimate of drug-likeness (QED) is 0.541. The molecular weight excluding hydrogens is 270 g/mol. The highest BCUT2D eigenvalue weighted by Crippen LogP contribution is 2.29. The summed E-state index contributed by atoms with van der Waals surface area (Å²) in [5.41, 5.74) is 2.18. The lowest BCUT2D eigenvalue weighted by Crippen LogP contribution is -1.79. The Morgan fingerprint density at radius 2 is 2.06 bits per heavy atom. The van der Waals surface area contributed by atoms with Crippen molar-refractivity contribution in [2.75, 3.05) is 5.75 Å². The van der Waals surface area contributed by atoms with E-state index in [1.807, 2.05) is 36.0 Å². The van der Waals surface area contributed by atoms with E-state index in [9.17, 15) is 0 Å². The van der Waals surface area contributed by atoms with Gasteiger partial charge in [0, 0.05) is 21.7 Å². The van der Waals surface area contributed by atoms with E-state index in [1.54, 1.807) is 11.3 Å². The zero-order chi connectivity index (χ0) is 12.1. The van der Waals surface area contributed by atoms with Crippen molar-refractivity contribution < 1.29 is 0 Å². The number of hydrogen-bond donors (Lipinski definition) is 0. The van der Waals surface area contributed by atoms with E-state index < -0.39 is 0 Å². The highest BCUT2D eigenvalue weighted by Gasteiger charge is 2.04. The molecule has 0 aliphatic carbocycles. The predicted octanol–water partition coefficient (Wildman–Crippen LogP) is 5.36. The first-order valence-electron chi connectivity index (χ1n) is 5.64. The molecule has 0 aliphatic heterocycles. The summed E-state index contributed by atoms with van der Waals surface area (Å²) in [5, 5.41) is 2.87. The Morgan fingerprint density at radius 1 is 1.29 bits per heavy atom. The SMILES string of the molecule is CCCCSc1nc(-c2ccc(Cl)cc2)cs1. The van der Waals surface area contributed by atoms with Crippen molar-refractivity contribution in [3.05, 3.63) is 34.7 Å². The standard InChI is InChI=1S/C13H14ClNS2/c1-2-3-8-16-13-15-12(9-17-13)10-4-6-11(14)7-5-10/h4-7,9H,2-3,8H2,1H3. The molecule has 0 unspecified atom stereocenters. The molecule has 0 aliphatic rings. The van der Waals surface area contributed by atoms with Gasteiger partial charge in [-0.15, -0.1) is 11.3 Å². The maximum Gasteiger partial charge on any atom is 0.150 e. The maximum absolute atomic E-state index is 5.87. The van der Waals surface area contributed by atoms with Crippen LogP contribution < -0.4 is 0 Å². The van der Waals surface area contributed by atoms with Gasteiger partial charge in [-0.2, -0.15) is 0 Å². The van der Waals surface area contributed by atoms with Gasteiger partial charge in [-0.25, -0.2) is 4.98 Å². The molecule has 0 atom stereocenters. The summed E-state index contributed by atoms with van der Waals surface area (Å²) in [6.45, 7) is 2.21. The molecule has 1 heterocycles. The largest absolute Gasteiger partial charge is 0.230 e. The van der Waals surface area contributed by atoms with Crippen LogP contribution in [0.15, 0.2) is 34.0 Å². The van der Waals surface area contributed by atoms with Gasteiger partial charge in [-0.05, 0) is 18.6 Å². The monoisotopic (exact) mass is 283 g/mol. The third kappa shape index (κ3) is 3.73. The second-order valence-electron chi connectivity index (χ2n) is 3.71. The van der Waals surface area contributed by atoms with Crippen LogP contribution in [0.2, 0.25) is 5.02 Å². The number of nitrogens with zero attached hydrogens (tertiary/aromatic N) is 1. The fourth-order valence-electron chi connectivity index (χ4n) is 1.38. The van der Waals surface area contributed by atoms with Gasteiger partial charge in [0.15, 0.2) is 4.34 Å². The van der Waals surface area contributed by atoms with Gasteiger partial charge in [-0.1, -0.05) is 48.8 Å². The number of halogens is 1. The van der Waals surface area contributed by atoms with Crippen LogP contribution >= 0.6 is 34.7 Å². The molecule has 0 amide bonds. The lowest BCUT2D eigenvalue weighted by atomic mass is 10.2. The number of thiazole rings is 1. The molecule has 0 fully saturated rings. The average Bonchev–Trinajstić information content (AvgIpc) is 2.79. The van der Waals surface area contributed by atoms with Crippen molar-refractivity contribution in [2.45, 2.75) is 24.1 Å². The van der Waals surface area contributed by atoms with Crippen LogP contribution in [-0.4, -0.2) is 10.7 Å². The molecule has 2 aromatic rings. The number of unbranched alkanes of at least 4 members (excludes halogenated alkanes) is 1. The number of thioether (sulfide) groups is 1. The molecule has 90 valence electrons. The summed E-state index contributed by atoms with van der Waals surface area (Å²) >= 11 is 9.43. The van der Waals surface area contributed by atoms with E-state index in [1.165, 1.54) is 12.8 Å². The van der Waals surface area contributed by atoms with E-state index in [4.69, 9.17) is 11.6 Å². The fourth-order valence-corrected chi connectivity index (χ4v) is 3.50. The summed E-state index contributed by atoms with van der Waals surface area (Å²) < 4.78 is 1.16. The number of rotatable bonds is 5. The van der Waals surface area contributed by atoms with Crippen molar-refractivity contribution in [1.29, 1.82) is 0 Å². The molecule has 0 bridgehead atoms. The van der Waals surface area contributed by atoms with Gasteiger partial charge in [0.05, 0.1) is 5.69 Å². The van der Waals surface area contributed by atoms with Crippen molar-refractivity contribution in [2.24, 2.45) is 0 Å². The number of benzene rings is 1. The lowest BCUT2D eigenvalue weighted by Gasteiger charge is -1.96. The lowest BCUT2D eigenvalue weighted by molar-refractivity contribution is 0.896. The summed E-state index contributed by atoms with van der Waals surface area (Å²) in [7, 11) is 0. The van der Waals surface area contributed by atoms with E-state index in [-0.39, 0.29) is 0 Å². The number of hydrogen-bond acceptors (Lipinski definition) is 3. The minimum Gasteiger partial charge on any atom is -0.230 e. The third-order valence-corrected chi connectivity index (χ3v) is 4.71. The Hall–Kier alpha value is -0.510. The summed E-state index contributed by atoms with van der Waals surface area (Å²) in [6.07, 6.45) is 2.49. The Bertz CT molecular complexity index is 465. The van der Waals surface area contributed by atoms with Crippen molar-refractivity contribution >= 4 is 34.7 Å². The number of aromatic nitrogens is 1. The normalized spacial score (nSPS) is 10.7. The molecule has 0 radical (unpaired) electrons. The minimum atomic E-state index is 0.765. The van der Waals surface area contributed by atoms with Crippen LogP contribution in [-0.2, 0) is 0 Å². The minimum absolute atomic E-state index is 0.765. The highest BCUT2D eigenvalue weighted by atomic mass is 35.5. The molecule has 1 nitrogen and oxygen atoms in total. The van der Waals surface area contributed by atoms with E-state index >= 15 is 0 Å². The Balaban J connectivity index is 2.04. The topological polar surface area (TPSA) is 12.9 Å². The zero-order valence-corrected chi connectivity index (χ0v) is 12.0. The van der Waals surface area contributed by atoms with E-state index in [0.717, 1.165) is 26.4 Å². The first kappa shape index (κ1) is 12.9. The first-order chi connectivity index (χ1) is 8.29. The third-order valence-electron chi connectivity index (χ3n) is 2.35. The van der Waals surface area contributed by atoms with Gasteiger partial charge in [0.1, 0.15) is 0 Å². The summed E-state index contributed by atoms with van der Waals surface area (Å²) in [4.78, 5) is 4.62.